The van der Waals surface area contributed by atoms with E-state index < -0.39 is 0 Å². The Morgan fingerprint density at radius 1 is 0.600 bits per heavy atom. The first-order valence-corrected chi connectivity index (χ1v) is 11.4. The first kappa shape index (κ1) is 22.9. The zero-order valence-electron chi connectivity index (χ0n) is 16.6. The van der Waals surface area contributed by atoms with Gasteiger partial charge in [-0.1, -0.05) is 31.9 Å². The molecule has 2 aliphatic heterocycles. The maximum atomic E-state index is 12.0. The lowest BCUT2D eigenvalue weighted by molar-refractivity contribution is 0.0301. The Kier molecular flexibility index (Phi) is 8.87. The monoisotopic (exact) mass is 538 g/mol. The van der Waals surface area contributed by atoms with Gasteiger partial charge in [0.15, 0.2) is 0 Å². The molecule has 0 atom stereocenters. The SMILES string of the molecule is O=C(c1ccc(Br)cc1)N1CCOCC1.O=C(c1ccc(Br)cc1)N1CCOCC1. The van der Waals surface area contributed by atoms with Crippen LogP contribution in [0.25, 0.3) is 0 Å². The number of carbonyl (C=O) groups is 2. The van der Waals surface area contributed by atoms with Crippen molar-refractivity contribution >= 4 is 43.7 Å². The molecule has 0 saturated carbocycles. The molecule has 30 heavy (non-hydrogen) atoms. The van der Waals surface area contributed by atoms with Crippen molar-refractivity contribution in [2.45, 2.75) is 0 Å². The largest absolute Gasteiger partial charge is 0.378 e. The van der Waals surface area contributed by atoms with Gasteiger partial charge in [0.2, 0.25) is 0 Å². The Morgan fingerprint density at radius 3 is 1.20 bits per heavy atom. The molecule has 2 aliphatic rings. The van der Waals surface area contributed by atoms with Gasteiger partial charge in [0, 0.05) is 46.3 Å². The normalized spacial score (nSPS) is 16.5. The fourth-order valence-electron chi connectivity index (χ4n) is 3.08. The third kappa shape index (κ3) is 6.63. The van der Waals surface area contributed by atoms with Crippen LogP contribution < -0.4 is 0 Å². The second-order valence-corrected chi connectivity index (χ2v) is 8.65. The van der Waals surface area contributed by atoms with Crippen molar-refractivity contribution in [3.63, 3.8) is 0 Å². The molecule has 2 aromatic rings. The molecule has 0 radical (unpaired) electrons. The maximum absolute atomic E-state index is 12.0. The molecule has 2 saturated heterocycles. The van der Waals surface area contributed by atoms with E-state index in [2.05, 4.69) is 31.9 Å². The molecule has 160 valence electrons. The zero-order valence-corrected chi connectivity index (χ0v) is 19.7. The van der Waals surface area contributed by atoms with Gasteiger partial charge in [0.05, 0.1) is 26.4 Å². The van der Waals surface area contributed by atoms with Gasteiger partial charge in [-0.05, 0) is 48.5 Å². The summed E-state index contributed by atoms with van der Waals surface area (Å²) in [5, 5.41) is 0. The molecule has 4 rings (SSSR count). The number of hydrogen-bond donors (Lipinski definition) is 0. The van der Waals surface area contributed by atoms with Crippen LogP contribution in [0.3, 0.4) is 0 Å². The Morgan fingerprint density at radius 2 is 0.900 bits per heavy atom. The Labute approximate surface area is 193 Å². The lowest BCUT2D eigenvalue weighted by atomic mass is 10.2. The topological polar surface area (TPSA) is 59.1 Å². The summed E-state index contributed by atoms with van der Waals surface area (Å²) >= 11 is 6.69. The summed E-state index contributed by atoms with van der Waals surface area (Å²) in [6.45, 7) is 5.32. The molecule has 2 fully saturated rings. The quantitative estimate of drug-likeness (QED) is 0.581. The highest BCUT2D eigenvalue weighted by molar-refractivity contribution is 9.10. The van der Waals surface area contributed by atoms with Crippen LogP contribution in [0, 0.1) is 0 Å². The van der Waals surface area contributed by atoms with Crippen LogP contribution in [0.1, 0.15) is 20.7 Å². The molecule has 0 spiro atoms. The standard InChI is InChI=1S/2C11H12BrNO2/c2*12-10-3-1-9(2-4-10)11(14)13-5-7-15-8-6-13/h2*1-4H,5-8H2. The minimum absolute atomic E-state index is 0.0887. The molecule has 2 aromatic carbocycles. The third-order valence-corrected chi connectivity index (χ3v) is 5.84. The van der Waals surface area contributed by atoms with Gasteiger partial charge in [-0.2, -0.15) is 0 Å². The minimum Gasteiger partial charge on any atom is -0.378 e. The summed E-state index contributed by atoms with van der Waals surface area (Å²) < 4.78 is 12.4. The first-order chi connectivity index (χ1) is 14.5. The Bertz CT molecular complexity index is 760. The van der Waals surface area contributed by atoms with Crippen LogP contribution in [-0.2, 0) is 9.47 Å². The summed E-state index contributed by atoms with van der Waals surface area (Å²) in [6.07, 6.45) is 0. The molecule has 6 nitrogen and oxygen atoms in total. The van der Waals surface area contributed by atoms with E-state index in [1.807, 2.05) is 58.3 Å². The van der Waals surface area contributed by atoms with Crippen molar-refractivity contribution in [2.75, 3.05) is 52.6 Å². The number of carbonyl (C=O) groups excluding carboxylic acids is 2. The summed E-state index contributed by atoms with van der Waals surface area (Å²) in [6, 6.07) is 14.9. The van der Waals surface area contributed by atoms with Crippen LogP contribution in [0.15, 0.2) is 57.5 Å². The average Bonchev–Trinajstić information content (AvgIpc) is 2.81. The second-order valence-electron chi connectivity index (χ2n) is 6.82. The number of rotatable bonds is 2. The second kappa shape index (κ2) is 11.6. The molecule has 2 heterocycles. The number of nitrogens with zero attached hydrogens (tertiary/aromatic N) is 2. The van der Waals surface area contributed by atoms with E-state index in [0.717, 1.165) is 20.1 Å². The number of benzene rings is 2. The van der Waals surface area contributed by atoms with Crippen LogP contribution in [0.4, 0.5) is 0 Å². The van der Waals surface area contributed by atoms with Gasteiger partial charge in [0.25, 0.3) is 11.8 Å². The van der Waals surface area contributed by atoms with Crippen molar-refractivity contribution in [1.82, 2.24) is 9.80 Å². The summed E-state index contributed by atoms with van der Waals surface area (Å²) in [4.78, 5) is 27.6. The number of morpholine rings is 2. The number of halogens is 2. The van der Waals surface area contributed by atoms with Gasteiger partial charge in [0.1, 0.15) is 0 Å². The van der Waals surface area contributed by atoms with Crippen LogP contribution in [-0.4, -0.2) is 74.2 Å². The molecular formula is C22H24Br2N2O4. The van der Waals surface area contributed by atoms with Crippen molar-refractivity contribution in [3.8, 4) is 0 Å². The predicted molar refractivity (Wildman–Crippen MR) is 122 cm³/mol. The van der Waals surface area contributed by atoms with Crippen molar-refractivity contribution in [2.24, 2.45) is 0 Å². The van der Waals surface area contributed by atoms with E-state index in [1.165, 1.54) is 0 Å². The van der Waals surface area contributed by atoms with Gasteiger partial charge in [-0.25, -0.2) is 0 Å². The highest BCUT2D eigenvalue weighted by atomic mass is 79.9. The molecular weight excluding hydrogens is 516 g/mol. The van der Waals surface area contributed by atoms with E-state index in [9.17, 15) is 9.59 Å². The van der Waals surface area contributed by atoms with E-state index in [-0.39, 0.29) is 11.8 Å². The summed E-state index contributed by atoms with van der Waals surface area (Å²) in [5.74, 6) is 0.177. The number of ether oxygens (including phenoxy) is 2. The van der Waals surface area contributed by atoms with E-state index in [0.29, 0.717) is 52.6 Å². The van der Waals surface area contributed by atoms with Crippen molar-refractivity contribution < 1.29 is 19.1 Å². The summed E-state index contributed by atoms with van der Waals surface area (Å²) in [7, 11) is 0. The Hall–Kier alpha value is -1.74. The predicted octanol–water partition coefficient (Wildman–Crippen LogP) is 3.84. The molecule has 8 heteroatoms. The highest BCUT2D eigenvalue weighted by Crippen LogP contribution is 2.14. The molecule has 0 unspecified atom stereocenters. The Balaban J connectivity index is 0.000000171. The average molecular weight is 540 g/mol. The molecule has 2 amide bonds. The molecule has 0 bridgehead atoms. The first-order valence-electron chi connectivity index (χ1n) is 9.80. The number of hydrogen-bond acceptors (Lipinski definition) is 4. The third-order valence-electron chi connectivity index (χ3n) is 4.78. The van der Waals surface area contributed by atoms with Crippen molar-refractivity contribution in [3.05, 3.63) is 68.6 Å². The van der Waals surface area contributed by atoms with Crippen LogP contribution in [0.5, 0.6) is 0 Å². The van der Waals surface area contributed by atoms with Gasteiger partial charge in [-0.3, -0.25) is 9.59 Å². The summed E-state index contributed by atoms with van der Waals surface area (Å²) in [5.41, 5.74) is 1.47. The van der Waals surface area contributed by atoms with Gasteiger partial charge >= 0.3 is 0 Å². The lowest BCUT2D eigenvalue weighted by Crippen LogP contribution is -2.40. The number of amides is 2. The fraction of sp³-hybridized carbons (Fsp3) is 0.364. The van der Waals surface area contributed by atoms with E-state index in [1.54, 1.807) is 0 Å². The van der Waals surface area contributed by atoms with Crippen LogP contribution in [0.2, 0.25) is 0 Å². The minimum atomic E-state index is 0.0887. The molecule has 0 aromatic heterocycles. The van der Waals surface area contributed by atoms with Gasteiger partial charge in [-0.15, -0.1) is 0 Å². The van der Waals surface area contributed by atoms with E-state index in [4.69, 9.17) is 9.47 Å². The zero-order chi connectivity index (χ0) is 21.3. The maximum Gasteiger partial charge on any atom is 0.254 e. The fourth-order valence-corrected chi connectivity index (χ4v) is 3.61. The molecule has 0 N–H and O–H groups in total. The van der Waals surface area contributed by atoms with E-state index >= 15 is 0 Å². The molecule has 0 aliphatic carbocycles. The van der Waals surface area contributed by atoms with Crippen LogP contribution >= 0.6 is 31.9 Å². The van der Waals surface area contributed by atoms with Gasteiger partial charge < -0.3 is 19.3 Å². The van der Waals surface area contributed by atoms with Crippen molar-refractivity contribution in [1.29, 1.82) is 0 Å². The highest BCUT2D eigenvalue weighted by Gasteiger charge is 2.18. The lowest BCUT2D eigenvalue weighted by Gasteiger charge is -2.26. The smallest absolute Gasteiger partial charge is 0.254 e.